The van der Waals surface area contributed by atoms with Crippen LogP contribution in [0, 0.1) is 5.82 Å². The van der Waals surface area contributed by atoms with E-state index in [2.05, 4.69) is 10.2 Å². The molecule has 18 heavy (non-hydrogen) atoms. The molecule has 2 aliphatic heterocycles. The lowest BCUT2D eigenvalue weighted by Crippen LogP contribution is -2.38. The van der Waals surface area contributed by atoms with Crippen LogP contribution in [0.25, 0.3) is 0 Å². The highest BCUT2D eigenvalue weighted by molar-refractivity contribution is 6.31. The summed E-state index contributed by atoms with van der Waals surface area (Å²) in [6, 6.07) is 5.89. The number of halogens is 2. The summed E-state index contributed by atoms with van der Waals surface area (Å²) in [5.41, 5.74) is 0.981. The van der Waals surface area contributed by atoms with Gasteiger partial charge in [-0.15, -0.1) is 0 Å². The third kappa shape index (κ3) is 2.40. The van der Waals surface area contributed by atoms with Crippen LogP contribution in [0.2, 0.25) is 5.02 Å². The lowest BCUT2D eigenvalue weighted by Gasteiger charge is -2.21. The quantitative estimate of drug-likeness (QED) is 0.907. The molecule has 0 spiro atoms. The fourth-order valence-electron chi connectivity index (χ4n) is 3.23. The summed E-state index contributed by atoms with van der Waals surface area (Å²) in [4.78, 5) is 2.57. The molecule has 1 aromatic rings. The van der Waals surface area contributed by atoms with Gasteiger partial charge in [0.1, 0.15) is 5.82 Å². The van der Waals surface area contributed by atoms with Crippen molar-refractivity contribution in [2.75, 3.05) is 13.1 Å². The minimum absolute atomic E-state index is 0.272. The summed E-state index contributed by atoms with van der Waals surface area (Å²) in [6.45, 7) is 3.19. The van der Waals surface area contributed by atoms with Crippen LogP contribution in [0.1, 0.15) is 24.8 Å². The molecule has 2 saturated heterocycles. The van der Waals surface area contributed by atoms with Gasteiger partial charge in [0.2, 0.25) is 0 Å². The van der Waals surface area contributed by atoms with Crippen molar-refractivity contribution < 1.29 is 4.39 Å². The molecule has 3 rings (SSSR count). The van der Waals surface area contributed by atoms with Crippen molar-refractivity contribution in [3.05, 3.63) is 34.6 Å². The topological polar surface area (TPSA) is 15.3 Å². The highest BCUT2D eigenvalue weighted by atomic mass is 35.5. The van der Waals surface area contributed by atoms with E-state index < -0.39 is 0 Å². The van der Waals surface area contributed by atoms with Gasteiger partial charge in [0, 0.05) is 30.2 Å². The lowest BCUT2D eigenvalue weighted by atomic mass is 10.1. The molecule has 2 fully saturated rings. The first-order chi connectivity index (χ1) is 8.74. The van der Waals surface area contributed by atoms with Crippen LogP contribution in [0.5, 0.6) is 0 Å². The zero-order valence-corrected chi connectivity index (χ0v) is 11.1. The fraction of sp³-hybridized carbons (Fsp3) is 0.571. The SMILES string of the molecule is Fc1ccc(CNC2CCN3CCCC23)c(Cl)c1. The Hall–Kier alpha value is -0.640. The average Bonchev–Trinajstić information content (AvgIpc) is 2.91. The minimum Gasteiger partial charge on any atom is -0.308 e. The highest BCUT2D eigenvalue weighted by Crippen LogP contribution is 2.28. The Morgan fingerprint density at radius 1 is 1.33 bits per heavy atom. The molecule has 0 radical (unpaired) electrons. The Bertz CT molecular complexity index is 438. The number of rotatable bonds is 3. The van der Waals surface area contributed by atoms with E-state index in [1.54, 1.807) is 6.07 Å². The van der Waals surface area contributed by atoms with Gasteiger partial charge in [-0.05, 0) is 43.5 Å². The van der Waals surface area contributed by atoms with Crippen molar-refractivity contribution in [3.63, 3.8) is 0 Å². The molecular formula is C14H18ClFN2. The molecule has 0 bridgehead atoms. The van der Waals surface area contributed by atoms with Crippen molar-refractivity contribution in [1.82, 2.24) is 10.2 Å². The van der Waals surface area contributed by atoms with E-state index in [9.17, 15) is 4.39 Å². The Labute approximate surface area is 112 Å². The standard InChI is InChI=1S/C14H18ClFN2/c15-12-8-11(16)4-3-10(12)9-17-13-5-7-18-6-1-2-14(13)18/h3-4,8,13-14,17H,1-2,5-7,9H2. The predicted octanol–water partition coefficient (Wildman–Crippen LogP) is 2.81. The van der Waals surface area contributed by atoms with Gasteiger partial charge in [-0.25, -0.2) is 4.39 Å². The van der Waals surface area contributed by atoms with Crippen LogP contribution < -0.4 is 5.32 Å². The Balaban J connectivity index is 1.61. The summed E-state index contributed by atoms with van der Waals surface area (Å²) >= 11 is 6.04. The highest BCUT2D eigenvalue weighted by Gasteiger charge is 2.36. The average molecular weight is 269 g/mol. The van der Waals surface area contributed by atoms with Gasteiger partial charge in [-0.3, -0.25) is 4.90 Å². The van der Waals surface area contributed by atoms with Gasteiger partial charge in [0.05, 0.1) is 0 Å². The van der Waals surface area contributed by atoms with Gasteiger partial charge < -0.3 is 5.32 Å². The Morgan fingerprint density at radius 2 is 2.22 bits per heavy atom. The van der Waals surface area contributed by atoms with Crippen molar-refractivity contribution in [2.24, 2.45) is 0 Å². The minimum atomic E-state index is -0.272. The predicted molar refractivity (Wildman–Crippen MR) is 71.2 cm³/mol. The zero-order valence-electron chi connectivity index (χ0n) is 10.3. The van der Waals surface area contributed by atoms with E-state index >= 15 is 0 Å². The number of nitrogens with zero attached hydrogens (tertiary/aromatic N) is 1. The molecule has 0 aromatic heterocycles. The zero-order chi connectivity index (χ0) is 12.5. The maximum atomic E-state index is 13.0. The van der Waals surface area contributed by atoms with Crippen LogP contribution in [-0.4, -0.2) is 30.1 Å². The molecule has 4 heteroatoms. The van der Waals surface area contributed by atoms with Gasteiger partial charge in [0.15, 0.2) is 0 Å². The van der Waals surface area contributed by atoms with Gasteiger partial charge in [-0.2, -0.15) is 0 Å². The Morgan fingerprint density at radius 3 is 3.06 bits per heavy atom. The molecule has 0 saturated carbocycles. The molecule has 2 atom stereocenters. The first-order valence-electron chi connectivity index (χ1n) is 6.65. The van der Waals surface area contributed by atoms with Crippen LogP contribution in [0.4, 0.5) is 4.39 Å². The second-order valence-corrected chi connectivity index (χ2v) is 5.66. The summed E-state index contributed by atoms with van der Waals surface area (Å²) in [5, 5.41) is 4.10. The number of benzene rings is 1. The molecule has 2 heterocycles. The van der Waals surface area contributed by atoms with Crippen molar-refractivity contribution in [1.29, 1.82) is 0 Å². The molecule has 1 N–H and O–H groups in total. The van der Waals surface area contributed by atoms with E-state index in [0.29, 0.717) is 17.1 Å². The molecule has 2 aliphatic rings. The third-order valence-electron chi connectivity index (χ3n) is 4.18. The van der Waals surface area contributed by atoms with Crippen LogP contribution >= 0.6 is 11.6 Å². The van der Waals surface area contributed by atoms with Gasteiger partial charge in [0.25, 0.3) is 0 Å². The van der Waals surface area contributed by atoms with Crippen LogP contribution in [0.3, 0.4) is 0 Å². The fourth-order valence-corrected chi connectivity index (χ4v) is 3.46. The summed E-state index contributed by atoms with van der Waals surface area (Å²) in [6.07, 6.45) is 3.83. The molecular weight excluding hydrogens is 251 g/mol. The number of nitrogens with one attached hydrogen (secondary N) is 1. The maximum absolute atomic E-state index is 13.0. The third-order valence-corrected chi connectivity index (χ3v) is 4.53. The summed E-state index contributed by atoms with van der Waals surface area (Å²) < 4.78 is 13.0. The second-order valence-electron chi connectivity index (χ2n) is 5.26. The number of fused-ring (bicyclic) bond motifs is 1. The van der Waals surface area contributed by atoms with Crippen molar-refractivity contribution in [3.8, 4) is 0 Å². The van der Waals surface area contributed by atoms with Crippen molar-refractivity contribution >= 4 is 11.6 Å². The van der Waals surface area contributed by atoms with E-state index in [1.165, 1.54) is 44.5 Å². The largest absolute Gasteiger partial charge is 0.308 e. The first kappa shape index (κ1) is 12.4. The van der Waals surface area contributed by atoms with Crippen LogP contribution in [0.15, 0.2) is 18.2 Å². The molecule has 0 aliphatic carbocycles. The summed E-state index contributed by atoms with van der Waals surface area (Å²) in [5.74, 6) is -0.272. The second kappa shape index (κ2) is 5.16. The van der Waals surface area contributed by atoms with E-state index in [1.807, 2.05) is 0 Å². The molecule has 98 valence electrons. The van der Waals surface area contributed by atoms with E-state index in [-0.39, 0.29) is 5.82 Å². The molecule has 1 aromatic carbocycles. The monoisotopic (exact) mass is 268 g/mol. The van der Waals surface area contributed by atoms with Gasteiger partial charge in [-0.1, -0.05) is 17.7 Å². The summed E-state index contributed by atoms with van der Waals surface area (Å²) in [7, 11) is 0. The van der Waals surface area contributed by atoms with E-state index in [4.69, 9.17) is 11.6 Å². The normalized spacial score (nSPS) is 27.7. The Kier molecular flexibility index (Phi) is 3.55. The lowest BCUT2D eigenvalue weighted by molar-refractivity contribution is 0.298. The first-order valence-corrected chi connectivity index (χ1v) is 7.03. The van der Waals surface area contributed by atoms with Crippen molar-refractivity contribution in [2.45, 2.75) is 37.9 Å². The van der Waals surface area contributed by atoms with Crippen LogP contribution in [-0.2, 0) is 6.54 Å². The van der Waals surface area contributed by atoms with E-state index in [0.717, 1.165) is 12.1 Å². The molecule has 2 nitrogen and oxygen atoms in total. The number of hydrogen-bond acceptors (Lipinski definition) is 2. The van der Waals surface area contributed by atoms with Gasteiger partial charge >= 0.3 is 0 Å². The molecule has 0 amide bonds. The maximum Gasteiger partial charge on any atom is 0.124 e. The smallest absolute Gasteiger partial charge is 0.124 e. The number of hydrogen-bond donors (Lipinski definition) is 1. The molecule has 2 unspecified atom stereocenters.